The van der Waals surface area contributed by atoms with Crippen molar-refractivity contribution in [3.05, 3.63) is 27.8 Å². The molecule has 1 aromatic rings. The Balaban J connectivity index is 3.41. The number of nitro benzene ring substituents is 1. The van der Waals surface area contributed by atoms with Gasteiger partial charge in [0.15, 0.2) is 0 Å². The number of hydrogen-bond donors (Lipinski definition) is 2. The zero-order valence-electron chi connectivity index (χ0n) is 8.84. The van der Waals surface area contributed by atoms with Crippen LogP contribution in [0.15, 0.2) is 12.1 Å². The first-order chi connectivity index (χ1) is 7.77. The molecule has 8 heteroatoms. The van der Waals surface area contributed by atoms with Gasteiger partial charge in [0.05, 0.1) is 16.2 Å². The molecule has 94 valence electrons. The van der Waals surface area contributed by atoms with Gasteiger partial charge in [0.2, 0.25) is 0 Å². The third-order valence-electron chi connectivity index (χ3n) is 2.03. The number of halogens is 3. The summed E-state index contributed by atoms with van der Waals surface area (Å²) >= 11 is 0. The van der Waals surface area contributed by atoms with Crippen molar-refractivity contribution in [3.8, 4) is 0 Å². The highest BCUT2D eigenvalue weighted by atomic mass is 19.4. The van der Waals surface area contributed by atoms with Crippen molar-refractivity contribution < 1.29 is 18.1 Å². The largest absolute Gasteiger partial charge is 0.416 e. The zero-order valence-corrected chi connectivity index (χ0v) is 8.84. The summed E-state index contributed by atoms with van der Waals surface area (Å²) < 4.78 is 37.3. The van der Waals surface area contributed by atoms with Gasteiger partial charge in [-0.1, -0.05) is 0 Å². The SMILES string of the molecule is CCNc1c(N)cc(C(F)(F)F)cc1[N+](=O)[O-]. The van der Waals surface area contributed by atoms with E-state index >= 15 is 0 Å². The number of nitrogens with two attached hydrogens (primary N) is 1. The van der Waals surface area contributed by atoms with Crippen molar-refractivity contribution in [2.24, 2.45) is 0 Å². The Labute approximate surface area is 94.6 Å². The van der Waals surface area contributed by atoms with E-state index in [2.05, 4.69) is 5.32 Å². The predicted octanol–water partition coefficient (Wildman–Crippen LogP) is 2.63. The van der Waals surface area contributed by atoms with E-state index in [0.29, 0.717) is 18.7 Å². The summed E-state index contributed by atoms with van der Waals surface area (Å²) in [7, 11) is 0. The van der Waals surface area contributed by atoms with Crippen LogP contribution >= 0.6 is 0 Å². The quantitative estimate of drug-likeness (QED) is 0.490. The number of rotatable bonds is 3. The fourth-order valence-corrected chi connectivity index (χ4v) is 1.33. The average Bonchev–Trinajstić information content (AvgIpc) is 2.18. The van der Waals surface area contributed by atoms with E-state index in [4.69, 9.17) is 5.73 Å². The Hall–Kier alpha value is -1.99. The Morgan fingerprint density at radius 2 is 2.06 bits per heavy atom. The fraction of sp³-hybridized carbons (Fsp3) is 0.333. The van der Waals surface area contributed by atoms with E-state index in [-0.39, 0.29) is 11.4 Å². The molecule has 0 unspecified atom stereocenters. The molecule has 0 heterocycles. The number of nitrogen functional groups attached to an aromatic ring is 1. The van der Waals surface area contributed by atoms with Crippen LogP contribution in [0.25, 0.3) is 0 Å². The summed E-state index contributed by atoms with van der Waals surface area (Å²) in [4.78, 5) is 9.77. The molecule has 17 heavy (non-hydrogen) atoms. The number of alkyl halides is 3. The molecule has 0 bridgehead atoms. The molecule has 0 spiro atoms. The molecule has 0 radical (unpaired) electrons. The first kappa shape index (κ1) is 13.1. The number of nitrogens with zero attached hydrogens (tertiary/aromatic N) is 1. The number of benzene rings is 1. The van der Waals surface area contributed by atoms with E-state index in [1.165, 1.54) is 0 Å². The van der Waals surface area contributed by atoms with Crippen LogP contribution in [0.2, 0.25) is 0 Å². The Kier molecular flexibility index (Phi) is 3.45. The third kappa shape index (κ3) is 2.77. The highest BCUT2D eigenvalue weighted by Gasteiger charge is 2.34. The van der Waals surface area contributed by atoms with Gasteiger partial charge in [-0.3, -0.25) is 10.1 Å². The Bertz CT molecular complexity index is 446. The molecule has 1 aromatic carbocycles. The summed E-state index contributed by atoms with van der Waals surface area (Å²) in [6, 6.07) is 1.14. The summed E-state index contributed by atoms with van der Waals surface area (Å²) in [6.45, 7) is 1.97. The lowest BCUT2D eigenvalue weighted by Gasteiger charge is -2.12. The molecule has 0 amide bonds. The maximum absolute atomic E-state index is 12.4. The third-order valence-corrected chi connectivity index (χ3v) is 2.03. The molecule has 1 rings (SSSR count). The lowest BCUT2D eigenvalue weighted by Crippen LogP contribution is -2.10. The van der Waals surface area contributed by atoms with Crippen LogP contribution in [-0.2, 0) is 6.18 Å². The number of hydrogen-bond acceptors (Lipinski definition) is 4. The first-order valence-electron chi connectivity index (χ1n) is 4.66. The normalized spacial score (nSPS) is 11.3. The van der Waals surface area contributed by atoms with Gasteiger partial charge in [-0.05, 0) is 13.0 Å². The van der Waals surface area contributed by atoms with E-state index < -0.39 is 22.4 Å². The van der Waals surface area contributed by atoms with E-state index in [0.717, 1.165) is 0 Å². The summed E-state index contributed by atoms with van der Waals surface area (Å²) in [5, 5.41) is 13.2. The van der Waals surface area contributed by atoms with Crippen LogP contribution in [0.3, 0.4) is 0 Å². The topological polar surface area (TPSA) is 81.2 Å². The minimum Gasteiger partial charge on any atom is -0.397 e. The smallest absolute Gasteiger partial charge is 0.397 e. The standard InChI is InChI=1S/C9H10F3N3O2/c1-2-14-8-6(13)3-5(9(10,11)12)4-7(8)15(16)17/h3-4,14H,2,13H2,1H3. The molecule has 0 saturated heterocycles. The highest BCUT2D eigenvalue weighted by Crippen LogP contribution is 2.38. The van der Waals surface area contributed by atoms with Gasteiger partial charge in [-0.2, -0.15) is 13.2 Å². The van der Waals surface area contributed by atoms with Crippen molar-refractivity contribution in [3.63, 3.8) is 0 Å². The van der Waals surface area contributed by atoms with Crippen molar-refractivity contribution >= 4 is 17.1 Å². The molecular weight excluding hydrogens is 239 g/mol. The van der Waals surface area contributed by atoms with Gasteiger partial charge in [-0.25, -0.2) is 0 Å². The maximum Gasteiger partial charge on any atom is 0.416 e. The lowest BCUT2D eigenvalue weighted by atomic mass is 10.1. The second-order valence-corrected chi connectivity index (χ2v) is 3.24. The van der Waals surface area contributed by atoms with Crippen molar-refractivity contribution in [2.75, 3.05) is 17.6 Å². The highest BCUT2D eigenvalue weighted by molar-refractivity contribution is 5.78. The molecule has 0 saturated carbocycles. The summed E-state index contributed by atoms with van der Waals surface area (Å²) in [5.74, 6) is 0. The second-order valence-electron chi connectivity index (χ2n) is 3.24. The molecule has 0 aliphatic rings. The van der Waals surface area contributed by atoms with Gasteiger partial charge in [0, 0.05) is 12.6 Å². The molecule has 3 N–H and O–H groups in total. The molecular formula is C9H10F3N3O2. The van der Waals surface area contributed by atoms with Gasteiger partial charge in [-0.15, -0.1) is 0 Å². The van der Waals surface area contributed by atoms with E-state index in [9.17, 15) is 23.3 Å². The molecule has 0 fully saturated rings. The molecule has 0 aromatic heterocycles. The van der Waals surface area contributed by atoms with Crippen LogP contribution in [0.4, 0.5) is 30.2 Å². The first-order valence-corrected chi connectivity index (χ1v) is 4.66. The zero-order chi connectivity index (χ0) is 13.2. The van der Waals surface area contributed by atoms with Crippen molar-refractivity contribution in [2.45, 2.75) is 13.1 Å². The number of nitrogens with one attached hydrogen (secondary N) is 1. The second kappa shape index (κ2) is 4.48. The summed E-state index contributed by atoms with van der Waals surface area (Å²) in [5.41, 5.74) is 3.17. The van der Waals surface area contributed by atoms with E-state index in [1.807, 2.05) is 0 Å². The van der Waals surface area contributed by atoms with E-state index in [1.54, 1.807) is 6.92 Å². The molecule has 0 aliphatic carbocycles. The van der Waals surface area contributed by atoms with Crippen LogP contribution in [0, 0.1) is 10.1 Å². The molecule has 0 aliphatic heterocycles. The minimum atomic E-state index is -4.66. The van der Waals surface area contributed by atoms with Crippen molar-refractivity contribution in [1.82, 2.24) is 0 Å². The minimum absolute atomic E-state index is 0.0921. The molecule has 0 atom stereocenters. The van der Waals surface area contributed by atoms with Crippen LogP contribution in [0.1, 0.15) is 12.5 Å². The monoisotopic (exact) mass is 249 g/mol. The fourth-order valence-electron chi connectivity index (χ4n) is 1.33. The predicted molar refractivity (Wildman–Crippen MR) is 56.7 cm³/mol. The van der Waals surface area contributed by atoms with Crippen LogP contribution in [0.5, 0.6) is 0 Å². The maximum atomic E-state index is 12.4. The number of nitro groups is 1. The van der Waals surface area contributed by atoms with Crippen LogP contribution < -0.4 is 11.1 Å². The average molecular weight is 249 g/mol. The molecule has 5 nitrogen and oxygen atoms in total. The van der Waals surface area contributed by atoms with Crippen molar-refractivity contribution in [1.29, 1.82) is 0 Å². The van der Waals surface area contributed by atoms with Gasteiger partial charge < -0.3 is 11.1 Å². The van der Waals surface area contributed by atoms with Gasteiger partial charge in [0.1, 0.15) is 5.69 Å². The van der Waals surface area contributed by atoms with Gasteiger partial charge >= 0.3 is 6.18 Å². The Morgan fingerprint density at radius 1 is 1.47 bits per heavy atom. The van der Waals surface area contributed by atoms with Crippen LogP contribution in [-0.4, -0.2) is 11.5 Å². The Morgan fingerprint density at radius 3 is 2.47 bits per heavy atom. The lowest BCUT2D eigenvalue weighted by molar-refractivity contribution is -0.384. The van der Waals surface area contributed by atoms with Gasteiger partial charge in [0.25, 0.3) is 5.69 Å². The summed E-state index contributed by atoms with van der Waals surface area (Å²) in [6.07, 6.45) is -4.66. The number of anilines is 2.